The second-order valence-corrected chi connectivity index (χ2v) is 6.18. The van der Waals surface area contributed by atoms with Crippen molar-refractivity contribution in [1.82, 2.24) is 14.7 Å². The van der Waals surface area contributed by atoms with Gasteiger partial charge < -0.3 is 10.0 Å². The van der Waals surface area contributed by atoms with Crippen LogP contribution >= 0.6 is 0 Å². The minimum Gasteiger partial charge on any atom is -0.481 e. The molecular formula is C17H20F3N3O2. The molecule has 0 aliphatic rings. The van der Waals surface area contributed by atoms with Crippen LogP contribution in [0.3, 0.4) is 0 Å². The van der Waals surface area contributed by atoms with Crippen LogP contribution < -0.4 is 0 Å². The quantitative estimate of drug-likeness (QED) is 0.829. The predicted octanol–water partition coefficient (Wildman–Crippen LogP) is 3.10. The highest BCUT2D eigenvalue weighted by molar-refractivity contribution is 5.69. The van der Waals surface area contributed by atoms with E-state index in [4.69, 9.17) is 5.11 Å². The van der Waals surface area contributed by atoms with E-state index in [1.807, 2.05) is 11.9 Å². The molecule has 0 aliphatic heterocycles. The number of benzene rings is 1. The molecule has 0 saturated carbocycles. The molecule has 1 N–H and O–H groups in total. The summed E-state index contributed by atoms with van der Waals surface area (Å²) in [6, 6.07) is 4.98. The Kier molecular flexibility index (Phi) is 5.84. The highest BCUT2D eigenvalue weighted by atomic mass is 19.4. The highest BCUT2D eigenvalue weighted by Gasteiger charge is 2.29. The molecule has 0 amide bonds. The fraction of sp³-hybridized carbons (Fsp3) is 0.412. The van der Waals surface area contributed by atoms with E-state index in [0.29, 0.717) is 19.6 Å². The van der Waals surface area contributed by atoms with Crippen LogP contribution in [0.2, 0.25) is 0 Å². The minimum atomic E-state index is -4.34. The summed E-state index contributed by atoms with van der Waals surface area (Å²) in [6.45, 7) is 2.98. The molecule has 2 aromatic rings. The Hall–Kier alpha value is -2.35. The number of nitrogens with zero attached hydrogens (tertiary/aromatic N) is 3. The zero-order valence-electron chi connectivity index (χ0n) is 14.0. The molecule has 1 aromatic carbocycles. The van der Waals surface area contributed by atoms with Gasteiger partial charge in [-0.05, 0) is 24.7 Å². The van der Waals surface area contributed by atoms with E-state index >= 15 is 0 Å². The van der Waals surface area contributed by atoms with Crippen molar-refractivity contribution < 1.29 is 23.1 Å². The molecule has 1 atom stereocenters. The van der Waals surface area contributed by atoms with Crippen molar-refractivity contribution in [3.8, 4) is 0 Å². The Balaban J connectivity index is 1.94. The average molecular weight is 355 g/mol. The van der Waals surface area contributed by atoms with Gasteiger partial charge in [-0.2, -0.15) is 18.3 Å². The molecule has 5 nitrogen and oxygen atoms in total. The molecule has 8 heteroatoms. The number of carboxylic acid groups (broad SMARTS) is 1. The molecule has 0 spiro atoms. The van der Waals surface area contributed by atoms with Crippen LogP contribution in [-0.2, 0) is 24.1 Å². The second kappa shape index (κ2) is 7.69. The zero-order chi connectivity index (χ0) is 18.6. The summed E-state index contributed by atoms with van der Waals surface area (Å²) in [6.07, 6.45) is -0.860. The van der Waals surface area contributed by atoms with E-state index in [-0.39, 0.29) is 0 Å². The monoisotopic (exact) mass is 355 g/mol. The number of halogens is 3. The van der Waals surface area contributed by atoms with Gasteiger partial charge in [-0.1, -0.05) is 19.1 Å². The van der Waals surface area contributed by atoms with E-state index in [9.17, 15) is 18.0 Å². The molecule has 1 unspecified atom stereocenters. The minimum absolute atomic E-state index is 0.368. The summed E-state index contributed by atoms with van der Waals surface area (Å²) in [7, 11) is 1.83. The summed E-state index contributed by atoms with van der Waals surface area (Å²) in [5.41, 5.74) is 0.953. The summed E-state index contributed by atoms with van der Waals surface area (Å²) < 4.78 is 39.3. The van der Waals surface area contributed by atoms with Crippen LogP contribution in [0.15, 0.2) is 36.7 Å². The number of hydrogen-bond acceptors (Lipinski definition) is 3. The maximum Gasteiger partial charge on any atom is 0.416 e. The molecular weight excluding hydrogens is 335 g/mol. The first-order chi connectivity index (χ1) is 11.6. The van der Waals surface area contributed by atoms with Gasteiger partial charge in [0.1, 0.15) is 0 Å². The van der Waals surface area contributed by atoms with Crippen molar-refractivity contribution >= 4 is 5.97 Å². The lowest BCUT2D eigenvalue weighted by atomic mass is 10.1. The Bertz CT molecular complexity index is 711. The molecule has 0 bridgehead atoms. The van der Waals surface area contributed by atoms with E-state index < -0.39 is 23.6 Å². The molecule has 0 saturated heterocycles. The van der Waals surface area contributed by atoms with Crippen LogP contribution in [0.25, 0.3) is 0 Å². The lowest BCUT2D eigenvalue weighted by molar-refractivity contribution is -0.141. The van der Waals surface area contributed by atoms with Crippen molar-refractivity contribution in [2.45, 2.75) is 26.2 Å². The van der Waals surface area contributed by atoms with Gasteiger partial charge in [-0.25, -0.2) is 0 Å². The van der Waals surface area contributed by atoms with Crippen molar-refractivity contribution in [2.24, 2.45) is 5.92 Å². The van der Waals surface area contributed by atoms with Gasteiger partial charge in [-0.15, -0.1) is 0 Å². The van der Waals surface area contributed by atoms with Gasteiger partial charge in [0, 0.05) is 24.8 Å². The zero-order valence-corrected chi connectivity index (χ0v) is 14.0. The van der Waals surface area contributed by atoms with Crippen LogP contribution in [0.4, 0.5) is 13.2 Å². The first kappa shape index (κ1) is 19.0. The number of hydrogen-bond donors (Lipinski definition) is 1. The largest absolute Gasteiger partial charge is 0.481 e. The van der Waals surface area contributed by atoms with E-state index in [1.165, 1.54) is 12.1 Å². The summed E-state index contributed by atoms with van der Waals surface area (Å²) in [4.78, 5) is 12.8. The lowest BCUT2D eigenvalue weighted by Crippen LogP contribution is -2.28. The third kappa shape index (κ3) is 5.60. The third-order valence-corrected chi connectivity index (χ3v) is 3.77. The highest BCUT2D eigenvalue weighted by Crippen LogP contribution is 2.29. The number of alkyl halides is 3. The van der Waals surface area contributed by atoms with Gasteiger partial charge in [0.15, 0.2) is 0 Å². The summed E-state index contributed by atoms with van der Waals surface area (Å²) in [5.74, 6) is -1.31. The molecule has 0 aliphatic carbocycles. The Labute approximate surface area is 143 Å². The smallest absolute Gasteiger partial charge is 0.416 e. The van der Waals surface area contributed by atoms with Crippen LogP contribution in [-0.4, -0.2) is 39.3 Å². The first-order valence-electron chi connectivity index (χ1n) is 7.74. The predicted molar refractivity (Wildman–Crippen MR) is 85.9 cm³/mol. The molecule has 136 valence electrons. The number of aromatic nitrogens is 2. The SMILES string of the molecule is CC(CN(C)Cc1cnn(Cc2ccc(C(F)(F)F)cc2)c1)C(=O)O. The Morgan fingerprint density at radius 1 is 1.28 bits per heavy atom. The van der Waals surface area contributed by atoms with E-state index in [1.54, 1.807) is 24.0 Å². The average Bonchev–Trinajstić information content (AvgIpc) is 2.93. The van der Waals surface area contributed by atoms with Gasteiger partial charge in [0.05, 0.1) is 24.2 Å². The molecule has 1 aromatic heterocycles. The normalized spacial score (nSPS) is 13.2. The van der Waals surface area contributed by atoms with E-state index in [0.717, 1.165) is 23.3 Å². The molecule has 1 heterocycles. The number of rotatable bonds is 7. The molecule has 0 radical (unpaired) electrons. The first-order valence-corrected chi connectivity index (χ1v) is 7.74. The van der Waals surface area contributed by atoms with Crippen LogP contribution in [0.1, 0.15) is 23.6 Å². The topological polar surface area (TPSA) is 58.4 Å². The van der Waals surface area contributed by atoms with Gasteiger partial charge in [0.2, 0.25) is 0 Å². The lowest BCUT2D eigenvalue weighted by Gasteiger charge is -2.17. The van der Waals surface area contributed by atoms with Crippen molar-refractivity contribution in [3.63, 3.8) is 0 Å². The standard InChI is InChI=1S/C17H20F3N3O2/c1-12(16(24)25)8-22(2)9-14-7-21-23(11-14)10-13-3-5-15(6-4-13)17(18,19)20/h3-7,11-12H,8-10H2,1-2H3,(H,24,25). The number of carboxylic acids is 1. The van der Waals surface area contributed by atoms with Gasteiger partial charge in [0.25, 0.3) is 0 Å². The fourth-order valence-electron chi connectivity index (χ4n) is 2.48. The van der Waals surface area contributed by atoms with Gasteiger partial charge >= 0.3 is 12.1 Å². The summed E-state index contributed by atoms with van der Waals surface area (Å²) in [5, 5.41) is 13.1. The molecule has 25 heavy (non-hydrogen) atoms. The maximum atomic E-state index is 12.6. The van der Waals surface area contributed by atoms with Crippen molar-refractivity contribution in [3.05, 3.63) is 53.3 Å². The number of aliphatic carboxylic acids is 1. The third-order valence-electron chi connectivity index (χ3n) is 3.77. The van der Waals surface area contributed by atoms with Gasteiger partial charge in [-0.3, -0.25) is 9.48 Å². The maximum absolute atomic E-state index is 12.6. The van der Waals surface area contributed by atoms with Crippen LogP contribution in [0, 0.1) is 5.92 Å². The number of carbonyl (C=O) groups is 1. The fourth-order valence-corrected chi connectivity index (χ4v) is 2.48. The van der Waals surface area contributed by atoms with Crippen molar-refractivity contribution in [1.29, 1.82) is 0 Å². The second-order valence-electron chi connectivity index (χ2n) is 6.18. The van der Waals surface area contributed by atoms with Crippen LogP contribution in [0.5, 0.6) is 0 Å². The molecule has 2 rings (SSSR count). The Morgan fingerprint density at radius 3 is 2.48 bits per heavy atom. The Morgan fingerprint density at radius 2 is 1.92 bits per heavy atom. The van der Waals surface area contributed by atoms with E-state index in [2.05, 4.69) is 5.10 Å². The molecule has 0 fully saturated rings. The van der Waals surface area contributed by atoms with Crippen molar-refractivity contribution in [2.75, 3.05) is 13.6 Å². The summed E-state index contributed by atoms with van der Waals surface area (Å²) >= 11 is 0.